The first-order chi connectivity index (χ1) is 15.1. The quantitative estimate of drug-likeness (QED) is 0.413. The van der Waals surface area contributed by atoms with Gasteiger partial charge in [0.15, 0.2) is 0 Å². The van der Waals surface area contributed by atoms with Crippen molar-refractivity contribution in [2.75, 3.05) is 11.4 Å². The van der Waals surface area contributed by atoms with E-state index in [2.05, 4.69) is 46.1 Å². The molecule has 5 heteroatoms. The van der Waals surface area contributed by atoms with Gasteiger partial charge in [-0.25, -0.2) is 0 Å². The van der Waals surface area contributed by atoms with Crippen LogP contribution in [0.5, 0.6) is 0 Å². The van der Waals surface area contributed by atoms with Gasteiger partial charge in [-0.15, -0.1) is 0 Å². The summed E-state index contributed by atoms with van der Waals surface area (Å²) in [4.78, 5) is 14.5. The largest absolute Gasteiger partial charge is 0.361 e. The maximum atomic E-state index is 12.5. The van der Waals surface area contributed by atoms with Crippen LogP contribution in [-0.4, -0.2) is 22.2 Å². The predicted molar refractivity (Wildman–Crippen MR) is 123 cm³/mol. The smallest absolute Gasteiger partial charge is 0.226 e. The average Bonchev–Trinajstić information content (AvgIpc) is 3.47. The van der Waals surface area contributed by atoms with Crippen LogP contribution >= 0.6 is 0 Å². The summed E-state index contributed by atoms with van der Waals surface area (Å²) in [5.74, 6) is 1.86. The van der Waals surface area contributed by atoms with E-state index in [1.807, 2.05) is 18.7 Å². The second kappa shape index (κ2) is 6.98. The van der Waals surface area contributed by atoms with Crippen molar-refractivity contribution in [1.29, 1.82) is 0 Å². The van der Waals surface area contributed by atoms with Crippen molar-refractivity contribution in [3.8, 4) is 11.1 Å². The fraction of sp³-hybridized carbons (Fsp3) is 0.385. The van der Waals surface area contributed by atoms with Crippen LogP contribution in [0.2, 0.25) is 0 Å². The molecule has 4 aromatic rings. The van der Waals surface area contributed by atoms with E-state index in [1.54, 1.807) is 0 Å². The number of benzene rings is 2. The number of fused-ring (bicyclic) bond motifs is 3. The van der Waals surface area contributed by atoms with Gasteiger partial charge >= 0.3 is 0 Å². The van der Waals surface area contributed by atoms with Gasteiger partial charge in [0.05, 0.1) is 11.2 Å². The topological polar surface area (TPSA) is 51.3 Å². The molecule has 3 heterocycles. The van der Waals surface area contributed by atoms with E-state index in [-0.39, 0.29) is 5.91 Å². The van der Waals surface area contributed by atoms with E-state index in [1.165, 1.54) is 34.6 Å². The lowest BCUT2D eigenvalue weighted by atomic mass is 10.0. The van der Waals surface area contributed by atoms with Crippen LogP contribution < -0.4 is 4.90 Å². The van der Waals surface area contributed by atoms with Gasteiger partial charge < -0.3 is 14.0 Å². The van der Waals surface area contributed by atoms with Crippen molar-refractivity contribution in [3.05, 3.63) is 47.9 Å². The number of amides is 1. The monoisotopic (exact) mass is 413 g/mol. The second-order valence-corrected chi connectivity index (χ2v) is 9.19. The first-order valence-electron chi connectivity index (χ1n) is 11.4. The molecule has 158 valence electrons. The van der Waals surface area contributed by atoms with Gasteiger partial charge in [-0.1, -0.05) is 17.3 Å². The molecular formula is C26H27N3O2. The molecule has 1 aliphatic heterocycles. The Balaban J connectivity index is 1.55. The lowest BCUT2D eigenvalue weighted by Gasteiger charge is -2.27. The molecule has 0 unspecified atom stereocenters. The van der Waals surface area contributed by atoms with Gasteiger partial charge in [-0.2, -0.15) is 0 Å². The molecule has 1 amide bonds. The summed E-state index contributed by atoms with van der Waals surface area (Å²) in [5, 5.41) is 6.64. The van der Waals surface area contributed by atoms with E-state index in [0.29, 0.717) is 6.42 Å². The number of piperidine rings is 1. The molecule has 2 fully saturated rings. The van der Waals surface area contributed by atoms with Crippen molar-refractivity contribution in [2.24, 2.45) is 5.92 Å². The van der Waals surface area contributed by atoms with Crippen LogP contribution in [0.3, 0.4) is 0 Å². The van der Waals surface area contributed by atoms with Crippen LogP contribution in [-0.2, 0) is 11.3 Å². The zero-order chi connectivity index (χ0) is 21.1. The Kier molecular flexibility index (Phi) is 4.20. The lowest BCUT2D eigenvalue weighted by molar-refractivity contribution is -0.119. The Morgan fingerprint density at radius 1 is 1.03 bits per heavy atom. The molecule has 2 aromatic heterocycles. The highest BCUT2D eigenvalue weighted by Gasteiger charge is 2.25. The van der Waals surface area contributed by atoms with Crippen molar-refractivity contribution in [3.63, 3.8) is 0 Å². The normalized spacial score (nSPS) is 17.2. The number of carbonyl (C=O) groups is 1. The first kappa shape index (κ1) is 18.7. The number of anilines is 1. The maximum Gasteiger partial charge on any atom is 0.226 e. The third-order valence-electron chi connectivity index (χ3n) is 6.94. The van der Waals surface area contributed by atoms with Crippen molar-refractivity contribution < 1.29 is 9.32 Å². The fourth-order valence-electron chi connectivity index (χ4n) is 5.14. The minimum atomic E-state index is 0.246. The number of carbonyl (C=O) groups excluding carboxylic acids is 1. The minimum Gasteiger partial charge on any atom is -0.361 e. The Labute approximate surface area is 181 Å². The molecule has 1 saturated carbocycles. The molecule has 0 radical (unpaired) electrons. The maximum absolute atomic E-state index is 12.5. The van der Waals surface area contributed by atoms with Crippen LogP contribution in [0.1, 0.15) is 43.6 Å². The van der Waals surface area contributed by atoms with Gasteiger partial charge in [0.25, 0.3) is 0 Å². The molecule has 0 spiro atoms. The second-order valence-electron chi connectivity index (χ2n) is 9.19. The van der Waals surface area contributed by atoms with Crippen LogP contribution in [0.25, 0.3) is 32.9 Å². The summed E-state index contributed by atoms with van der Waals surface area (Å²) in [6, 6.07) is 13.3. The van der Waals surface area contributed by atoms with E-state index in [4.69, 9.17) is 4.52 Å². The summed E-state index contributed by atoms with van der Waals surface area (Å²) in [5.41, 5.74) is 6.67. The third kappa shape index (κ3) is 3.06. The summed E-state index contributed by atoms with van der Waals surface area (Å²) in [6.45, 7) is 5.83. The molecule has 0 atom stereocenters. The molecule has 1 aliphatic carbocycles. The minimum absolute atomic E-state index is 0.246. The highest BCUT2D eigenvalue weighted by molar-refractivity contribution is 6.11. The molecule has 2 aromatic carbocycles. The first-order valence-corrected chi connectivity index (χ1v) is 11.4. The van der Waals surface area contributed by atoms with E-state index in [0.717, 1.165) is 60.1 Å². The SMILES string of the molecule is Cc1noc(C)c1-c1ccc2c(c1)c1ccc(N3CCCCC3=O)cc1n2CC1CC1. The average molecular weight is 414 g/mol. The Morgan fingerprint density at radius 2 is 1.90 bits per heavy atom. The number of aromatic nitrogens is 2. The molecule has 31 heavy (non-hydrogen) atoms. The number of nitrogens with zero attached hydrogens (tertiary/aromatic N) is 3. The highest BCUT2D eigenvalue weighted by Crippen LogP contribution is 2.39. The Hall–Kier alpha value is -3.08. The van der Waals surface area contributed by atoms with Gasteiger partial charge in [0, 0.05) is 47.1 Å². The summed E-state index contributed by atoms with van der Waals surface area (Å²) in [7, 11) is 0. The Morgan fingerprint density at radius 3 is 2.65 bits per heavy atom. The van der Waals surface area contributed by atoms with Gasteiger partial charge in [-0.3, -0.25) is 4.79 Å². The van der Waals surface area contributed by atoms with Crippen LogP contribution in [0.15, 0.2) is 40.9 Å². The standard InChI is InChI=1S/C26H27N3O2/c1-16-26(17(2)31-27-16)19-8-11-23-22(13-19)21-10-9-20(28-12-4-3-5-25(28)30)14-24(21)29(23)15-18-6-7-18/h8-11,13-14,18H,3-7,12,15H2,1-2H3. The van der Waals surface area contributed by atoms with Gasteiger partial charge in [-0.05, 0) is 75.3 Å². The highest BCUT2D eigenvalue weighted by atomic mass is 16.5. The zero-order valence-corrected chi connectivity index (χ0v) is 18.1. The van der Waals surface area contributed by atoms with E-state index in [9.17, 15) is 4.79 Å². The number of rotatable bonds is 4. The molecule has 0 N–H and O–H groups in total. The third-order valence-corrected chi connectivity index (χ3v) is 6.94. The summed E-state index contributed by atoms with van der Waals surface area (Å²) < 4.78 is 7.89. The van der Waals surface area contributed by atoms with Crippen molar-refractivity contribution >= 4 is 33.4 Å². The predicted octanol–water partition coefficient (Wildman–Crippen LogP) is 5.99. The Bertz CT molecular complexity index is 1310. The van der Waals surface area contributed by atoms with Crippen LogP contribution in [0.4, 0.5) is 5.69 Å². The number of hydrogen-bond donors (Lipinski definition) is 0. The van der Waals surface area contributed by atoms with Crippen molar-refractivity contribution in [1.82, 2.24) is 9.72 Å². The van der Waals surface area contributed by atoms with E-state index >= 15 is 0 Å². The summed E-state index contributed by atoms with van der Waals surface area (Å²) in [6.07, 6.45) is 5.36. The number of hydrogen-bond acceptors (Lipinski definition) is 3. The molecular weight excluding hydrogens is 386 g/mol. The van der Waals surface area contributed by atoms with Crippen LogP contribution in [0, 0.1) is 19.8 Å². The summed E-state index contributed by atoms with van der Waals surface area (Å²) >= 11 is 0. The molecule has 0 bridgehead atoms. The zero-order valence-electron chi connectivity index (χ0n) is 18.1. The van der Waals surface area contributed by atoms with Crippen molar-refractivity contribution in [2.45, 2.75) is 52.5 Å². The molecule has 2 aliphatic rings. The number of aryl methyl sites for hydroxylation is 2. The molecule has 6 rings (SSSR count). The van der Waals surface area contributed by atoms with Gasteiger partial charge in [0.2, 0.25) is 5.91 Å². The van der Waals surface area contributed by atoms with Gasteiger partial charge in [0.1, 0.15) is 5.76 Å². The van der Waals surface area contributed by atoms with E-state index < -0.39 is 0 Å². The fourth-order valence-corrected chi connectivity index (χ4v) is 5.14. The molecule has 5 nitrogen and oxygen atoms in total. The lowest BCUT2D eigenvalue weighted by Crippen LogP contribution is -2.35. The molecule has 1 saturated heterocycles.